The summed E-state index contributed by atoms with van der Waals surface area (Å²) in [4.78, 5) is 4.87. The fourth-order valence-electron chi connectivity index (χ4n) is 3.97. The average Bonchev–Trinajstić information content (AvgIpc) is 3.35. The van der Waals surface area contributed by atoms with Gasteiger partial charge in [0.25, 0.3) is 0 Å². The van der Waals surface area contributed by atoms with E-state index >= 15 is 0 Å². The molecule has 3 aliphatic heterocycles. The maximum absolute atomic E-state index is 5.95. The van der Waals surface area contributed by atoms with Crippen LogP contribution in [0.2, 0.25) is 0 Å². The number of guanidine groups is 1. The van der Waals surface area contributed by atoms with Crippen LogP contribution in [0.3, 0.4) is 0 Å². The molecule has 4 rings (SSSR count). The number of nitrogens with one attached hydrogen (secondary N) is 2. The predicted molar refractivity (Wildman–Crippen MR) is 101 cm³/mol. The molecule has 26 heavy (non-hydrogen) atoms. The van der Waals surface area contributed by atoms with Gasteiger partial charge in [-0.3, -0.25) is 4.99 Å². The molecule has 0 amide bonds. The first-order valence-electron chi connectivity index (χ1n) is 9.65. The van der Waals surface area contributed by atoms with Crippen LogP contribution in [0, 0.1) is 0 Å². The summed E-state index contributed by atoms with van der Waals surface area (Å²) in [6.07, 6.45) is 4.22. The van der Waals surface area contributed by atoms with E-state index in [9.17, 15) is 0 Å². The van der Waals surface area contributed by atoms with Crippen LogP contribution < -0.4 is 20.1 Å². The highest BCUT2D eigenvalue weighted by atomic mass is 16.7. The van der Waals surface area contributed by atoms with Crippen molar-refractivity contribution < 1.29 is 14.2 Å². The fourth-order valence-corrected chi connectivity index (χ4v) is 3.97. The number of aliphatic imine (C=N–C) groups is 1. The summed E-state index contributed by atoms with van der Waals surface area (Å²) in [5, 5.41) is 6.96. The summed E-state index contributed by atoms with van der Waals surface area (Å²) in [6.45, 7) is 8.34. The number of benzene rings is 1. The van der Waals surface area contributed by atoms with Gasteiger partial charge in [0.2, 0.25) is 6.79 Å². The van der Waals surface area contributed by atoms with Crippen LogP contribution in [0.15, 0.2) is 23.2 Å². The van der Waals surface area contributed by atoms with Crippen LogP contribution >= 0.6 is 0 Å². The summed E-state index contributed by atoms with van der Waals surface area (Å²) in [5.41, 5.74) is 1.10. The summed E-state index contributed by atoms with van der Waals surface area (Å²) < 4.78 is 16.9. The second kappa shape index (κ2) is 6.99. The van der Waals surface area contributed by atoms with Gasteiger partial charge in [-0.25, -0.2) is 0 Å². The van der Waals surface area contributed by atoms with Crippen molar-refractivity contribution in [3.63, 3.8) is 0 Å². The maximum atomic E-state index is 5.95. The molecular weight excluding hydrogens is 330 g/mol. The Morgan fingerprint density at radius 1 is 1.23 bits per heavy atom. The minimum Gasteiger partial charge on any atom is -0.454 e. The van der Waals surface area contributed by atoms with Crippen molar-refractivity contribution in [2.45, 2.75) is 63.7 Å². The summed E-state index contributed by atoms with van der Waals surface area (Å²) in [5.74, 6) is 2.52. The monoisotopic (exact) mass is 359 g/mol. The number of hydrogen-bond donors (Lipinski definition) is 2. The standard InChI is InChI=1S/C20H29N3O3/c1-4-21-19(23-15-10-14-6-8-16(15)26-14)22-11-20(2,3)13-5-7-17-18(9-13)25-12-24-17/h5,7,9,14-16H,4,6,8,10-12H2,1-3H3,(H2,21,22,23). The van der Waals surface area contributed by atoms with Crippen molar-refractivity contribution in [2.75, 3.05) is 19.9 Å². The van der Waals surface area contributed by atoms with Gasteiger partial charge in [-0.1, -0.05) is 19.9 Å². The number of ether oxygens (including phenoxy) is 3. The van der Waals surface area contributed by atoms with Crippen LogP contribution in [-0.4, -0.2) is 44.1 Å². The van der Waals surface area contributed by atoms with Gasteiger partial charge in [-0.15, -0.1) is 0 Å². The highest BCUT2D eigenvalue weighted by molar-refractivity contribution is 5.80. The first kappa shape index (κ1) is 17.5. The summed E-state index contributed by atoms with van der Waals surface area (Å²) in [6, 6.07) is 6.54. The number of nitrogens with zero attached hydrogens (tertiary/aromatic N) is 1. The van der Waals surface area contributed by atoms with E-state index in [1.54, 1.807) is 0 Å². The van der Waals surface area contributed by atoms with E-state index in [4.69, 9.17) is 19.2 Å². The Hall–Kier alpha value is -1.95. The lowest BCUT2D eigenvalue weighted by atomic mass is 9.84. The molecule has 0 aliphatic carbocycles. The minimum absolute atomic E-state index is 0.103. The molecule has 3 unspecified atom stereocenters. The lowest BCUT2D eigenvalue weighted by molar-refractivity contribution is 0.0992. The summed E-state index contributed by atoms with van der Waals surface area (Å²) >= 11 is 0. The highest BCUT2D eigenvalue weighted by Crippen LogP contribution is 2.37. The number of fused-ring (bicyclic) bond motifs is 3. The fraction of sp³-hybridized carbons (Fsp3) is 0.650. The topological polar surface area (TPSA) is 64.1 Å². The van der Waals surface area contributed by atoms with Gasteiger partial charge in [0, 0.05) is 12.0 Å². The molecule has 3 aliphatic rings. The van der Waals surface area contributed by atoms with Crippen molar-refractivity contribution in [3.05, 3.63) is 23.8 Å². The third kappa shape index (κ3) is 3.47. The molecule has 0 aromatic heterocycles. The van der Waals surface area contributed by atoms with Gasteiger partial charge >= 0.3 is 0 Å². The molecule has 6 nitrogen and oxygen atoms in total. The van der Waals surface area contributed by atoms with Crippen LogP contribution in [-0.2, 0) is 10.2 Å². The van der Waals surface area contributed by atoms with Crippen LogP contribution in [0.5, 0.6) is 11.5 Å². The second-order valence-electron chi connectivity index (χ2n) is 8.01. The van der Waals surface area contributed by atoms with Crippen LogP contribution in [0.1, 0.15) is 45.6 Å². The zero-order valence-electron chi connectivity index (χ0n) is 15.9. The Kier molecular flexibility index (Phi) is 4.69. The van der Waals surface area contributed by atoms with Gasteiger partial charge < -0.3 is 24.8 Å². The van der Waals surface area contributed by atoms with E-state index < -0.39 is 0 Å². The minimum atomic E-state index is -0.103. The molecule has 2 N–H and O–H groups in total. The van der Waals surface area contributed by atoms with Gasteiger partial charge in [0.05, 0.1) is 24.8 Å². The Morgan fingerprint density at radius 3 is 2.81 bits per heavy atom. The highest BCUT2D eigenvalue weighted by Gasteiger charge is 2.41. The molecule has 1 aromatic rings. The molecule has 3 atom stereocenters. The molecule has 3 heterocycles. The Morgan fingerprint density at radius 2 is 2.08 bits per heavy atom. The van der Waals surface area contributed by atoms with E-state index in [0.29, 0.717) is 31.6 Å². The first-order chi connectivity index (χ1) is 12.5. The van der Waals surface area contributed by atoms with Crippen molar-refractivity contribution in [1.82, 2.24) is 10.6 Å². The number of hydrogen-bond acceptors (Lipinski definition) is 4. The molecule has 2 saturated heterocycles. The van der Waals surface area contributed by atoms with Gasteiger partial charge in [0.15, 0.2) is 17.5 Å². The molecule has 1 aromatic carbocycles. The lowest BCUT2D eigenvalue weighted by Gasteiger charge is -2.26. The molecule has 0 radical (unpaired) electrons. The average molecular weight is 359 g/mol. The SMILES string of the molecule is CCNC(=NCC(C)(C)c1ccc2c(c1)OCO2)NC1CC2CCC1O2. The predicted octanol–water partition coefficient (Wildman–Crippen LogP) is 2.57. The van der Waals surface area contributed by atoms with Crippen LogP contribution in [0.25, 0.3) is 0 Å². The van der Waals surface area contributed by atoms with Crippen molar-refractivity contribution >= 4 is 5.96 Å². The first-order valence-corrected chi connectivity index (χ1v) is 9.65. The van der Waals surface area contributed by atoms with E-state index in [1.165, 1.54) is 12.0 Å². The molecule has 142 valence electrons. The van der Waals surface area contributed by atoms with E-state index in [0.717, 1.165) is 36.8 Å². The second-order valence-corrected chi connectivity index (χ2v) is 8.01. The van der Waals surface area contributed by atoms with E-state index in [1.807, 2.05) is 6.07 Å². The molecular formula is C20H29N3O3. The van der Waals surface area contributed by atoms with E-state index in [-0.39, 0.29) is 5.41 Å². The van der Waals surface area contributed by atoms with Crippen LogP contribution in [0.4, 0.5) is 0 Å². The van der Waals surface area contributed by atoms with Crippen molar-refractivity contribution in [2.24, 2.45) is 4.99 Å². The Bertz CT molecular complexity index is 689. The largest absolute Gasteiger partial charge is 0.454 e. The normalized spacial score (nSPS) is 27.0. The lowest BCUT2D eigenvalue weighted by Crippen LogP contribution is -2.47. The van der Waals surface area contributed by atoms with Crippen molar-refractivity contribution in [1.29, 1.82) is 0 Å². The zero-order chi connectivity index (χ0) is 18.1. The van der Waals surface area contributed by atoms with Gasteiger partial charge in [0.1, 0.15) is 0 Å². The van der Waals surface area contributed by atoms with Gasteiger partial charge in [-0.2, -0.15) is 0 Å². The van der Waals surface area contributed by atoms with Gasteiger partial charge in [-0.05, 0) is 43.9 Å². The van der Waals surface area contributed by atoms with E-state index in [2.05, 4.69) is 43.5 Å². The third-order valence-corrected chi connectivity index (χ3v) is 5.56. The zero-order valence-corrected chi connectivity index (χ0v) is 15.9. The summed E-state index contributed by atoms with van der Waals surface area (Å²) in [7, 11) is 0. The number of rotatable bonds is 5. The molecule has 2 fully saturated rings. The Labute approximate surface area is 155 Å². The molecule has 0 spiro atoms. The quantitative estimate of drug-likeness (QED) is 0.625. The molecule has 6 heteroatoms. The molecule has 0 saturated carbocycles. The smallest absolute Gasteiger partial charge is 0.231 e. The maximum Gasteiger partial charge on any atom is 0.231 e. The molecule has 2 bridgehead atoms. The van der Waals surface area contributed by atoms with Crippen molar-refractivity contribution in [3.8, 4) is 11.5 Å². The third-order valence-electron chi connectivity index (χ3n) is 5.56. The Balaban J connectivity index is 1.44.